The number of hydrogen-bond donors (Lipinski definition) is 1. The number of likely N-dealkylation sites (N-methyl/N-ethyl adjacent to an activating group) is 1. The lowest BCUT2D eigenvalue weighted by atomic mass is 10.3. The van der Waals surface area contributed by atoms with Gasteiger partial charge in [-0.15, -0.1) is 0 Å². The van der Waals surface area contributed by atoms with E-state index in [0.717, 1.165) is 5.56 Å². The Bertz CT molecular complexity index is 595. The quantitative estimate of drug-likeness (QED) is 0.811. The molecule has 18 heavy (non-hydrogen) atoms. The number of aromatic nitrogens is 4. The van der Waals surface area contributed by atoms with Crippen LogP contribution in [0.5, 0.6) is 0 Å². The zero-order chi connectivity index (χ0) is 13.3. The summed E-state index contributed by atoms with van der Waals surface area (Å²) in [5.41, 5.74) is 5.97. The maximum Gasteiger partial charge on any atom is 0.255 e. The van der Waals surface area contributed by atoms with Crippen LogP contribution in [0.15, 0.2) is 6.33 Å². The minimum atomic E-state index is -0.419. The minimum absolute atomic E-state index is 0.0899. The third-order valence-electron chi connectivity index (χ3n) is 2.60. The van der Waals surface area contributed by atoms with E-state index in [-0.39, 0.29) is 6.54 Å². The number of nitrogens with zero attached hydrogens (tertiary/aromatic N) is 5. The van der Waals surface area contributed by atoms with E-state index in [2.05, 4.69) is 15.1 Å². The molecule has 96 valence electrons. The van der Waals surface area contributed by atoms with E-state index in [4.69, 9.17) is 17.3 Å². The number of primary amides is 1. The smallest absolute Gasteiger partial charge is 0.255 e. The predicted octanol–water partition coefficient (Wildman–Crippen LogP) is 0.398. The number of nitrogens with two attached hydrogens (primary N) is 1. The summed E-state index contributed by atoms with van der Waals surface area (Å²) >= 11 is 6.05. The van der Waals surface area contributed by atoms with E-state index in [9.17, 15) is 4.79 Å². The summed E-state index contributed by atoms with van der Waals surface area (Å²) in [5.74, 6) is 0.657. The van der Waals surface area contributed by atoms with Gasteiger partial charge in [-0.3, -0.25) is 4.79 Å². The fourth-order valence-corrected chi connectivity index (χ4v) is 1.94. The molecule has 2 aromatic heterocycles. The summed E-state index contributed by atoms with van der Waals surface area (Å²) in [4.78, 5) is 21.0. The van der Waals surface area contributed by atoms with E-state index < -0.39 is 5.91 Å². The van der Waals surface area contributed by atoms with Gasteiger partial charge in [0.25, 0.3) is 5.78 Å². The second-order valence-electron chi connectivity index (χ2n) is 3.80. The fraction of sp³-hybridized carbons (Fsp3) is 0.400. The molecule has 2 heterocycles. The first-order valence-electron chi connectivity index (χ1n) is 5.43. The first kappa shape index (κ1) is 12.6. The summed E-state index contributed by atoms with van der Waals surface area (Å²) in [6.07, 6.45) is 1.39. The third-order valence-corrected chi connectivity index (χ3v) is 2.97. The van der Waals surface area contributed by atoms with Crippen molar-refractivity contribution in [1.82, 2.24) is 19.6 Å². The number of carbonyl (C=O) groups is 1. The van der Waals surface area contributed by atoms with Crippen LogP contribution in [0, 0.1) is 6.92 Å². The molecule has 0 spiro atoms. The number of halogens is 1. The molecule has 0 bridgehead atoms. The van der Waals surface area contributed by atoms with Crippen LogP contribution < -0.4 is 10.6 Å². The molecule has 7 nitrogen and oxygen atoms in total. The molecule has 8 heteroatoms. The Kier molecular flexibility index (Phi) is 3.33. The van der Waals surface area contributed by atoms with Crippen molar-refractivity contribution in [3.8, 4) is 0 Å². The first-order valence-corrected chi connectivity index (χ1v) is 5.81. The molecule has 0 aliphatic rings. The van der Waals surface area contributed by atoms with E-state index in [1.165, 1.54) is 6.33 Å². The highest BCUT2D eigenvalue weighted by molar-refractivity contribution is 6.30. The average molecular weight is 269 g/mol. The zero-order valence-electron chi connectivity index (χ0n) is 10.1. The van der Waals surface area contributed by atoms with Crippen LogP contribution in [0.2, 0.25) is 5.15 Å². The van der Waals surface area contributed by atoms with E-state index in [1.807, 2.05) is 13.8 Å². The van der Waals surface area contributed by atoms with Gasteiger partial charge in [0.05, 0.1) is 6.54 Å². The maximum atomic E-state index is 11.1. The van der Waals surface area contributed by atoms with Crippen LogP contribution in [0.25, 0.3) is 5.78 Å². The molecule has 1 amide bonds. The maximum absolute atomic E-state index is 11.1. The standard InChI is InChI=1S/C10H13ClN6O/c1-3-16(4-7(12)18)9-6(2)8(11)15-10-13-5-14-17(9)10/h5H,3-4H2,1-2H3,(H2,12,18). The molecule has 0 aliphatic carbocycles. The zero-order valence-corrected chi connectivity index (χ0v) is 10.8. The second-order valence-corrected chi connectivity index (χ2v) is 4.16. The van der Waals surface area contributed by atoms with Gasteiger partial charge in [-0.1, -0.05) is 11.6 Å². The van der Waals surface area contributed by atoms with Crippen molar-refractivity contribution >= 4 is 29.1 Å². The number of amides is 1. The molecule has 2 N–H and O–H groups in total. The Hall–Kier alpha value is -1.89. The molecule has 0 aliphatic heterocycles. The first-order chi connectivity index (χ1) is 8.54. The molecular formula is C10H13ClN6O. The molecule has 0 aromatic carbocycles. The summed E-state index contributed by atoms with van der Waals surface area (Å²) < 4.78 is 1.55. The lowest BCUT2D eigenvalue weighted by Gasteiger charge is -2.23. The van der Waals surface area contributed by atoms with Gasteiger partial charge in [-0.25, -0.2) is 0 Å². The van der Waals surface area contributed by atoms with Crippen molar-refractivity contribution < 1.29 is 4.79 Å². The van der Waals surface area contributed by atoms with Crippen LogP contribution in [0.4, 0.5) is 5.82 Å². The minimum Gasteiger partial charge on any atom is -0.368 e. The summed E-state index contributed by atoms with van der Waals surface area (Å²) in [6, 6.07) is 0. The predicted molar refractivity (Wildman–Crippen MR) is 67.6 cm³/mol. The van der Waals surface area contributed by atoms with Gasteiger partial charge in [-0.05, 0) is 13.8 Å². The fourth-order valence-electron chi connectivity index (χ4n) is 1.78. The van der Waals surface area contributed by atoms with Gasteiger partial charge in [0, 0.05) is 12.1 Å². The van der Waals surface area contributed by atoms with Gasteiger partial charge >= 0.3 is 0 Å². The lowest BCUT2D eigenvalue weighted by molar-refractivity contribution is -0.116. The highest BCUT2D eigenvalue weighted by Crippen LogP contribution is 2.25. The number of fused-ring (bicyclic) bond motifs is 1. The van der Waals surface area contributed by atoms with E-state index in [0.29, 0.717) is 23.3 Å². The van der Waals surface area contributed by atoms with Crippen molar-refractivity contribution in [2.45, 2.75) is 13.8 Å². The monoisotopic (exact) mass is 268 g/mol. The number of rotatable bonds is 4. The van der Waals surface area contributed by atoms with Crippen LogP contribution in [-0.2, 0) is 4.79 Å². The summed E-state index contributed by atoms with van der Waals surface area (Å²) in [7, 11) is 0. The van der Waals surface area contributed by atoms with Crippen molar-refractivity contribution in [2.24, 2.45) is 5.73 Å². The van der Waals surface area contributed by atoms with Gasteiger partial charge in [0.1, 0.15) is 17.3 Å². The molecule has 2 rings (SSSR count). The Morgan fingerprint density at radius 1 is 1.61 bits per heavy atom. The molecular weight excluding hydrogens is 256 g/mol. The Balaban J connectivity index is 2.62. The molecule has 0 saturated heterocycles. The molecule has 0 atom stereocenters. The number of hydrogen-bond acceptors (Lipinski definition) is 5. The lowest BCUT2D eigenvalue weighted by Crippen LogP contribution is -2.35. The molecule has 2 aromatic rings. The van der Waals surface area contributed by atoms with Crippen molar-refractivity contribution in [3.05, 3.63) is 17.0 Å². The highest BCUT2D eigenvalue weighted by atomic mass is 35.5. The van der Waals surface area contributed by atoms with Crippen molar-refractivity contribution in [1.29, 1.82) is 0 Å². The van der Waals surface area contributed by atoms with Gasteiger partial charge in [0.15, 0.2) is 0 Å². The summed E-state index contributed by atoms with van der Waals surface area (Å²) in [6.45, 7) is 4.42. The number of carbonyl (C=O) groups excluding carboxylic acids is 1. The average Bonchev–Trinajstić information content (AvgIpc) is 2.75. The molecule has 0 saturated carbocycles. The van der Waals surface area contributed by atoms with Gasteiger partial charge in [-0.2, -0.15) is 19.6 Å². The van der Waals surface area contributed by atoms with E-state index in [1.54, 1.807) is 9.42 Å². The van der Waals surface area contributed by atoms with Crippen molar-refractivity contribution in [3.63, 3.8) is 0 Å². The van der Waals surface area contributed by atoms with Gasteiger partial charge < -0.3 is 10.6 Å². The largest absolute Gasteiger partial charge is 0.368 e. The molecule has 0 radical (unpaired) electrons. The normalized spacial score (nSPS) is 10.8. The second kappa shape index (κ2) is 4.77. The SMILES string of the molecule is CCN(CC(N)=O)c1c(C)c(Cl)nc2ncnn12. The van der Waals surface area contributed by atoms with Crippen LogP contribution in [-0.4, -0.2) is 38.6 Å². The van der Waals surface area contributed by atoms with Gasteiger partial charge in [0.2, 0.25) is 5.91 Å². The third kappa shape index (κ3) is 2.08. The van der Waals surface area contributed by atoms with Crippen molar-refractivity contribution in [2.75, 3.05) is 18.0 Å². The molecule has 0 fully saturated rings. The van der Waals surface area contributed by atoms with Crippen LogP contribution >= 0.6 is 11.6 Å². The Labute approximate surface area is 109 Å². The number of anilines is 1. The Morgan fingerprint density at radius 2 is 2.33 bits per heavy atom. The topological polar surface area (TPSA) is 89.4 Å². The highest BCUT2D eigenvalue weighted by Gasteiger charge is 2.18. The Morgan fingerprint density at radius 3 is 2.94 bits per heavy atom. The van der Waals surface area contributed by atoms with E-state index >= 15 is 0 Å². The van der Waals surface area contributed by atoms with Crippen LogP contribution in [0.3, 0.4) is 0 Å². The van der Waals surface area contributed by atoms with Crippen LogP contribution in [0.1, 0.15) is 12.5 Å². The molecule has 0 unspecified atom stereocenters. The summed E-state index contributed by atoms with van der Waals surface area (Å²) in [5, 5.41) is 4.43.